The quantitative estimate of drug-likeness (QED) is 0.598. The average Bonchev–Trinajstić information content (AvgIpc) is 2.36. The minimum Gasteiger partial charge on any atom is -0.207 e. The van der Waals surface area contributed by atoms with E-state index < -0.39 is 0 Å². The molecule has 2 aromatic rings. The van der Waals surface area contributed by atoms with Gasteiger partial charge in [0.05, 0.1) is 4.83 Å². The van der Waals surface area contributed by atoms with Crippen LogP contribution in [0.3, 0.4) is 0 Å². The number of aryl methyl sites for hydroxylation is 3. The molecular weight excluding hydrogens is 327 g/mol. The molecule has 1 unspecified atom stereocenters. The smallest absolute Gasteiger partial charge is 0.127 e. The molecular formula is C16H15BrClF. The highest BCUT2D eigenvalue weighted by atomic mass is 79.9. The van der Waals surface area contributed by atoms with E-state index in [-0.39, 0.29) is 10.6 Å². The molecule has 100 valence electrons. The summed E-state index contributed by atoms with van der Waals surface area (Å²) in [7, 11) is 0. The van der Waals surface area contributed by atoms with E-state index in [2.05, 4.69) is 48.0 Å². The maximum atomic E-state index is 13.4. The van der Waals surface area contributed by atoms with Crippen molar-refractivity contribution in [2.24, 2.45) is 0 Å². The number of halogens is 3. The summed E-state index contributed by atoms with van der Waals surface area (Å²) in [6.07, 6.45) is 0. The molecule has 0 N–H and O–H groups in total. The number of hydrogen-bond donors (Lipinski definition) is 0. The van der Waals surface area contributed by atoms with Gasteiger partial charge in [-0.05, 0) is 54.7 Å². The summed E-state index contributed by atoms with van der Waals surface area (Å²) in [6.45, 7) is 5.91. The molecule has 0 nitrogen and oxygen atoms in total. The third-order valence-corrected chi connectivity index (χ3v) is 4.72. The van der Waals surface area contributed by atoms with Gasteiger partial charge in [0.15, 0.2) is 0 Å². The van der Waals surface area contributed by atoms with Gasteiger partial charge in [0.1, 0.15) is 5.82 Å². The summed E-state index contributed by atoms with van der Waals surface area (Å²) in [5.74, 6) is -0.270. The normalized spacial score (nSPS) is 12.5. The van der Waals surface area contributed by atoms with Crippen LogP contribution < -0.4 is 0 Å². The fourth-order valence-corrected chi connectivity index (χ4v) is 3.03. The van der Waals surface area contributed by atoms with E-state index in [1.165, 1.54) is 17.2 Å². The second-order valence-corrected chi connectivity index (χ2v) is 6.15. The number of hydrogen-bond acceptors (Lipinski definition) is 0. The van der Waals surface area contributed by atoms with E-state index in [4.69, 9.17) is 11.6 Å². The molecule has 0 spiro atoms. The fourth-order valence-electron chi connectivity index (χ4n) is 1.98. The van der Waals surface area contributed by atoms with Crippen molar-refractivity contribution in [2.45, 2.75) is 25.6 Å². The molecule has 1 atom stereocenters. The van der Waals surface area contributed by atoms with Gasteiger partial charge in [-0.2, -0.15) is 0 Å². The van der Waals surface area contributed by atoms with Gasteiger partial charge in [-0.15, -0.1) is 0 Å². The van der Waals surface area contributed by atoms with Crippen molar-refractivity contribution in [3.05, 3.63) is 69.0 Å². The second kappa shape index (κ2) is 5.64. The Morgan fingerprint density at radius 2 is 1.68 bits per heavy atom. The summed E-state index contributed by atoms with van der Waals surface area (Å²) in [5, 5.41) is 0.447. The molecule has 0 aliphatic carbocycles. The largest absolute Gasteiger partial charge is 0.207 e. The lowest BCUT2D eigenvalue weighted by Gasteiger charge is -2.15. The van der Waals surface area contributed by atoms with Gasteiger partial charge in [0.2, 0.25) is 0 Å². The van der Waals surface area contributed by atoms with Crippen LogP contribution in [0.25, 0.3) is 0 Å². The molecule has 0 fully saturated rings. The highest BCUT2D eigenvalue weighted by molar-refractivity contribution is 9.09. The van der Waals surface area contributed by atoms with Crippen LogP contribution in [0, 0.1) is 26.6 Å². The summed E-state index contributed by atoms with van der Waals surface area (Å²) >= 11 is 9.80. The SMILES string of the molecule is Cc1ccc(C(Br)c2cc(C)c(F)cc2Cl)cc1C. The molecule has 19 heavy (non-hydrogen) atoms. The van der Waals surface area contributed by atoms with Crippen molar-refractivity contribution < 1.29 is 4.39 Å². The predicted octanol–water partition coefficient (Wildman–Crippen LogP) is 5.89. The Bertz CT molecular complexity index is 622. The molecule has 0 aliphatic heterocycles. The first kappa shape index (κ1) is 14.5. The highest BCUT2D eigenvalue weighted by Gasteiger charge is 2.16. The number of alkyl halides is 1. The maximum Gasteiger partial charge on any atom is 0.127 e. The molecule has 2 rings (SSSR count). The molecule has 0 heterocycles. The zero-order valence-electron chi connectivity index (χ0n) is 11.1. The lowest BCUT2D eigenvalue weighted by Crippen LogP contribution is -1.97. The first-order valence-electron chi connectivity index (χ1n) is 6.07. The van der Waals surface area contributed by atoms with E-state index in [0.717, 1.165) is 11.1 Å². The molecule has 3 heteroatoms. The van der Waals surface area contributed by atoms with Crippen LogP contribution in [-0.4, -0.2) is 0 Å². The summed E-state index contributed by atoms with van der Waals surface area (Å²) < 4.78 is 13.4. The van der Waals surface area contributed by atoms with Crippen molar-refractivity contribution >= 4 is 27.5 Å². The lowest BCUT2D eigenvalue weighted by atomic mass is 9.99. The van der Waals surface area contributed by atoms with Crippen molar-refractivity contribution in [3.8, 4) is 0 Å². The van der Waals surface area contributed by atoms with Gasteiger partial charge >= 0.3 is 0 Å². The van der Waals surface area contributed by atoms with Crippen LogP contribution in [0.15, 0.2) is 30.3 Å². The zero-order valence-corrected chi connectivity index (χ0v) is 13.4. The Balaban J connectivity index is 2.46. The standard InChI is InChI=1S/C16H15BrClF/c1-9-4-5-12(6-10(9)2)16(17)13-7-11(3)15(19)8-14(13)18/h4-8,16H,1-3H3. The monoisotopic (exact) mass is 340 g/mol. The molecule has 0 aliphatic rings. The van der Waals surface area contributed by atoms with Crippen LogP contribution in [0.5, 0.6) is 0 Å². The Morgan fingerprint density at radius 1 is 1.00 bits per heavy atom. The molecule has 0 saturated heterocycles. The first-order chi connectivity index (χ1) is 8.90. The second-order valence-electron chi connectivity index (χ2n) is 4.83. The third-order valence-electron chi connectivity index (χ3n) is 3.37. The van der Waals surface area contributed by atoms with Crippen molar-refractivity contribution in [1.82, 2.24) is 0 Å². The van der Waals surface area contributed by atoms with Gasteiger partial charge in [-0.3, -0.25) is 0 Å². The van der Waals surface area contributed by atoms with Crippen LogP contribution in [-0.2, 0) is 0 Å². The predicted molar refractivity (Wildman–Crippen MR) is 82.8 cm³/mol. The fraction of sp³-hybridized carbons (Fsp3) is 0.250. The average molecular weight is 342 g/mol. The van der Waals surface area contributed by atoms with Gasteiger partial charge < -0.3 is 0 Å². The van der Waals surface area contributed by atoms with E-state index >= 15 is 0 Å². The van der Waals surface area contributed by atoms with Crippen molar-refractivity contribution in [2.75, 3.05) is 0 Å². The first-order valence-corrected chi connectivity index (χ1v) is 7.36. The molecule has 2 aromatic carbocycles. The molecule has 0 amide bonds. The van der Waals surface area contributed by atoms with E-state index in [0.29, 0.717) is 10.6 Å². The minimum atomic E-state index is -0.270. The topological polar surface area (TPSA) is 0 Å². The van der Waals surface area contributed by atoms with Crippen LogP contribution >= 0.6 is 27.5 Å². The van der Waals surface area contributed by atoms with Crippen LogP contribution in [0.4, 0.5) is 4.39 Å². The highest BCUT2D eigenvalue weighted by Crippen LogP contribution is 2.36. The minimum absolute atomic E-state index is 0.0291. The van der Waals surface area contributed by atoms with Crippen LogP contribution in [0.2, 0.25) is 5.02 Å². The van der Waals surface area contributed by atoms with Gasteiger partial charge in [-0.25, -0.2) is 4.39 Å². The lowest BCUT2D eigenvalue weighted by molar-refractivity contribution is 0.618. The Hall–Kier alpha value is -0.860. The van der Waals surface area contributed by atoms with E-state index in [1.54, 1.807) is 13.0 Å². The maximum absolute atomic E-state index is 13.4. The van der Waals surface area contributed by atoms with E-state index in [9.17, 15) is 4.39 Å². The summed E-state index contributed by atoms with van der Waals surface area (Å²) in [5.41, 5.74) is 5.11. The summed E-state index contributed by atoms with van der Waals surface area (Å²) in [4.78, 5) is -0.0291. The Labute approximate surface area is 126 Å². The summed E-state index contributed by atoms with van der Waals surface area (Å²) in [6, 6.07) is 9.46. The van der Waals surface area contributed by atoms with Gasteiger partial charge in [-0.1, -0.05) is 51.8 Å². The molecule has 0 saturated carbocycles. The molecule has 0 radical (unpaired) electrons. The number of benzene rings is 2. The third kappa shape index (κ3) is 3.01. The van der Waals surface area contributed by atoms with Gasteiger partial charge in [0, 0.05) is 5.02 Å². The Morgan fingerprint density at radius 3 is 2.32 bits per heavy atom. The van der Waals surface area contributed by atoms with E-state index in [1.807, 2.05) is 0 Å². The van der Waals surface area contributed by atoms with Crippen molar-refractivity contribution in [1.29, 1.82) is 0 Å². The molecule has 0 aromatic heterocycles. The van der Waals surface area contributed by atoms with Gasteiger partial charge in [0.25, 0.3) is 0 Å². The number of rotatable bonds is 2. The zero-order chi connectivity index (χ0) is 14.2. The van der Waals surface area contributed by atoms with Crippen LogP contribution in [0.1, 0.15) is 32.6 Å². The van der Waals surface area contributed by atoms with Crippen molar-refractivity contribution in [3.63, 3.8) is 0 Å². The Kier molecular flexibility index (Phi) is 4.32. The molecule has 0 bridgehead atoms.